The molecular weight excluding hydrogens is 240 g/mol. The third-order valence-electron chi connectivity index (χ3n) is 3.56. The predicted octanol–water partition coefficient (Wildman–Crippen LogP) is 3.41. The molecule has 1 rings (SSSR count). The van der Waals surface area contributed by atoms with Crippen LogP contribution in [-0.4, -0.2) is 24.9 Å². The number of aliphatic hydroxyl groups excluding tert-OH is 1. The second-order valence-electron chi connectivity index (χ2n) is 5.24. The van der Waals surface area contributed by atoms with Gasteiger partial charge in [-0.15, -0.1) is 0 Å². The van der Waals surface area contributed by atoms with Crippen LogP contribution in [0.3, 0.4) is 0 Å². The molecule has 0 heterocycles. The quantitative estimate of drug-likeness (QED) is 0.857. The van der Waals surface area contributed by atoms with Gasteiger partial charge in [-0.3, -0.25) is 0 Å². The van der Waals surface area contributed by atoms with Gasteiger partial charge < -0.3 is 14.6 Å². The van der Waals surface area contributed by atoms with Crippen molar-refractivity contribution in [3.8, 4) is 5.75 Å². The molecule has 3 heteroatoms. The molecule has 1 N–H and O–H groups in total. The van der Waals surface area contributed by atoms with E-state index in [1.165, 1.54) is 0 Å². The summed E-state index contributed by atoms with van der Waals surface area (Å²) in [5, 5.41) is 10.6. The third kappa shape index (κ3) is 3.48. The minimum Gasteiger partial charge on any atom is -0.496 e. The Labute approximate surface area is 116 Å². The fourth-order valence-electron chi connectivity index (χ4n) is 2.33. The van der Waals surface area contributed by atoms with Crippen molar-refractivity contribution in [3.05, 3.63) is 28.8 Å². The monoisotopic (exact) mass is 266 g/mol. The molecule has 0 bridgehead atoms. The summed E-state index contributed by atoms with van der Waals surface area (Å²) in [4.78, 5) is 0. The first-order valence-electron chi connectivity index (χ1n) is 6.87. The molecule has 0 aliphatic heterocycles. The summed E-state index contributed by atoms with van der Waals surface area (Å²) in [6.45, 7) is 10.7. The second-order valence-corrected chi connectivity index (χ2v) is 5.24. The Kier molecular flexibility index (Phi) is 5.83. The Bertz CT molecular complexity index is 413. The molecule has 1 aromatic rings. The lowest BCUT2D eigenvalue weighted by Gasteiger charge is -2.28. The molecule has 0 amide bonds. The molecule has 0 saturated heterocycles. The first-order valence-corrected chi connectivity index (χ1v) is 6.87. The molecule has 0 saturated carbocycles. The largest absolute Gasteiger partial charge is 0.496 e. The number of ether oxygens (including phenoxy) is 2. The van der Waals surface area contributed by atoms with Gasteiger partial charge in [-0.2, -0.15) is 0 Å². The van der Waals surface area contributed by atoms with Gasteiger partial charge in [0.25, 0.3) is 0 Å². The zero-order valence-electron chi connectivity index (χ0n) is 12.9. The number of methoxy groups -OCH3 is 1. The van der Waals surface area contributed by atoms with Gasteiger partial charge in [-0.05, 0) is 37.8 Å². The predicted molar refractivity (Wildman–Crippen MR) is 77.7 cm³/mol. The van der Waals surface area contributed by atoms with E-state index >= 15 is 0 Å². The minimum absolute atomic E-state index is 0.221. The summed E-state index contributed by atoms with van der Waals surface area (Å²) >= 11 is 0. The fraction of sp³-hybridized carbons (Fsp3) is 0.625. The van der Waals surface area contributed by atoms with E-state index in [9.17, 15) is 5.11 Å². The molecule has 0 aromatic heterocycles. The number of aryl methyl sites for hydroxylation is 1. The van der Waals surface area contributed by atoms with Crippen molar-refractivity contribution < 1.29 is 14.6 Å². The van der Waals surface area contributed by atoms with Gasteiger partial charge in [-0.1, -0.05) is 26.0 Å². The molecule has 0 aliphatic rings. The van der Waals surface area contributed by atoms with Gasteiger partial charge >= 0.3 is 0 Å². The number of benzene rings is 1. The molecule has 1 aromatic carbocycles. The molecular formula is C16H26O3. The lowest BCUT2D eigenvalue weighted by Crippen LogP contribution is -2.28. The van der Waals surface area contributed by atoms with E-state index in [4.69, 9.17) is 9.47 Å². The van der Waals surface area contributed by atoms with Crippen molar-refractivity contribution in [2.45, 2.75) is 46.8 Å². The van der Waals surface area contributed by atoms with E-state index in [2.05, 4.69) is 13.8 Å². The first kappa shape index (κ1) is 16.0. The summed E-state index contributed by atoms with van der Waals surface area (Å²) in [7, 11) is 1.64. The van der Waals surface area contributed by atoms with Crippen LogP contribution >= 0.6 is 0 Å². The second kappa shape index (κ2) is 6.92. The molecule has 0 aliphatic carbocycles. The standard InChI is InChI=1S/C16H26O3/c1-7-19-15(10(2)3)14(17)13-9-8-11(4)12(5)16(13)18-6/h8-10,14-15,17H,7H2,1-6H3. The van der Waals surface area contributed by atoms with Gasteiger partial charge in [-0.25, -0.2) is 0 Å². The highest BCUT2D eigenvalue weighted by atomic mass is 16.5. The van der Waals surface area contributed by atoms with Gasteiger partial charge in [0.15, 0.2) is 0 Å². The Morgan fingerprint density at radius 1 is 1.21 bits per heavy atom. The van der Waals surface area contributed by atoms with Crippen molar-refractivity contribution in [2.24, 2.45) is 5.92 Å². The van der Waals surface area contributed by atoms with Crippen LogP contribution in [0.4, 0.5) is 0 Å². The van der Waals surface area contributed by atoms with Gasteiger partial charge in [0.05, 0.1) is 13.2 Å². The van der Waals surface area contributed by atoms with Crippen LogP contribution in [-0.2, 0) is 4.74 Å². The summed E-state index contributed by atoms with van der Waals surface area (Å²) in [6, 6.07) is 3.94. The van der Waals surface area contributed by atoms with E-state index in [-0.39, 0.29) is 12.0 Å². The molecule has 0 spiro atoms. The summed E-state index contributed by atoms with van der Waals surface area (Å²) in [5.41, 5.74) is 3.03. The zero-order valence-corrected chi connectivity index (χ0v) is 12.9. The fourth-order valence-corrected chi connectivity index (χ4v) is 2.33. The smallest absolute Gasteiger partial charge is 0.127 e. The number of aliphatic hydroxyl groups is 1. The zero-order chi connectivity index (χ0) is 14.6. The highest BCUT2D eigenvalue weighted by Crippen LogP contribution is 2.34. The number of rotatable bonds is 6. The maximum atomic E-state index is 10.6. The Balaban J connectivity index is 3.17. The van der Waals surface area contributed by atoms with Crippen LogP contribution in [0.1, 0.15) is 43.6 Å². The van der Waals surface area contributed by atoms with Crippen molar-refractivity contribution in [1.29, 1.82) is 0 Å². The lowest BCUT2D eigenvalue weighted by molar-refractivity contribution is -0.0592. The Morgan fingerprint density at radius 2 is 1.84 bits per heavy atom. The highest BCUT2D eigenvalue weighted by Gasteiger charge is 2.27. The maximum Gasteiger partial charge on any atom is 0.127 e. The molecule has 19 heavy (non-hydrogen) atoms. The van der Waals surface area contributed by atoms with Crippen LogP contribution in [0.15, 0.2) is 12.1 Å². The number of hydrogen-bond donors (Lipinski definition) is 1. The van der Waals surface area contributed by atoms with Crippen LogP contribution in [0.25, 0.3) is 0 Å². The first-order chi connectivity index (χ1) is 8.93. The molecule has 0 radical (unpaired) electrons. The third-order valence-corrected chi connectivity index (χ3v) is 3.56. The highest BCUT2D eigenvalue weighted by molar-refractivity contribution is 5.46. The summed E-state index contributed by atoms with van der Waals surface area (Å²) in [6.07, 6.45) is -0.893. The van der Waals surface area contributed by atoms with Crippen LogP contribution in [0.5, 0.6) is 5.75 Å². The van der Waals surface area contributed by atoms with Gasteiger partial charge in [0.1, 0.15) is 11.9 Å². The average Bonchev–Trinajstić information content (AvgIpc) is 2.37. The van der Waals surface area contributed by atoms with E-state index in [1.54, 1.807) is 7.11 Å². The average molecular weight is 266 g/mol. The van der Waals surface area contributed by atoms with Crippen molar-refractivity contribution >= 4 is 0 Å². The van der Waals surface area contributed by atoms with E-state index in [0.717, 1.165) is 22.4 Å². The number of hydrogen-bond acceptors (Lipinski definition) is 3. The van der Waals surface area contributed by atoms with Crippen molar-refractivity contribution in [2.75, 3.05) is 13.7 Å². The van der Waals surface area contributed by atoms with Gasteiger partial charge in [0, 0.05) is 12.2 Å². The minimum atomic E-state index is -0.672. The normalized spacial score (nSPS) is 14.5. The van der Waals surface area contributed by atoms with E-state index < -0.39 is 6.10 Å². The molecule has 2 unspecified atom stereocenters. The van der Waals surface area contributed by atoms with Gasteiger partial charge in [0.2, 0.25) is 0 Å². The summed E-state index contributed by atoms with van der Waals surface area (Å²) in [5.74, 6) is 0.999. The topological polar surface area (TPSA) is 38.7 Å². The van der Waals surface area contributed by atoms with Crippen molar-refractivity contribution in [1.82, 2.24) is 0 Å². The van der Waals surface area contributed by atoms with Crippen LogP contribution < -0.4 is 4.74 Å². The lowest BCUT2D eigenvalue weighted by atomic mass is 9.93. The molecule has 108 valence electrons. The summed E-state index contributed by atoms with van der Waals surface area (Å²) < 4.78 is 11.2. The molecule has 3 nitrogen and oxygen atoms in total. The Morgan fingerprint density at radius 3 is 2.32 bits per heavy atom. The van der Waals surface area contributed by atoms with Crippen LogP contribution in [0, 0.1) is 19.8 Å². The van der Waals surface area contributed by atoms with E-state index in [1.807, 2.05) is 32.9 Å². The SMILES string of the molecule is CCOC(C(C)C)C(O)c1ccc(C)c(C)c1OC. The Hall–Kier alpha value is -1.06. The van der Waals surface area contributed by atoms with Crippen LogP contribution in [0.2, 0.25) is 0 Å². The van der Waals surface area contributed by atoms with E-state index in [0.29, 0.717) is 6.61 Å². The van der Waals surface area contributed by atoms with Crippen molar-refractivity contribution in [3.63, 3.8) is 0 Å². The molecule has 0 fully saturated rings. The molecule has 2 atom stereocenters. The maximum absolute atomic E-state index is 10.6.